The van der Waals surface area contributed by atoms with E-state index in [0.717, 1.165) is 6.42 Å². The summed E-state index contributed by atoms with van der Waals surface area (Å²) < 4.78 is 11.4. The summed E-state index contributed by atoms with van der Waals surface area (Å²) in [4.78, 5) is 28.5. The van der Waals surface area contributed by atoms with Gasteiger partial charge in [-0.2, -0.15) is 0 Å². The van der Waals surface area contributed by atoms with Gasteiger partial charge in [0.05, 0.1) is 24.5 Å². The van der Waals surface area contributed by atoms with Gasteiger partial charge in [0.2, 0.25) is 0 Å². The van der Waals surface area contributed by atoms with Gasteiger partial charge in [-0.1, -0.05) is 55.5 Å². The molecule has 0 saturated carbocycles. The lowest BCUT2D eigenvalue weighted by molar-refractivity contribution is -0.120. The van der Waals surface area contributed by atoms with Gasteiger partial charge >= 0.3 is 0 Å². The molecule has 3 aromatic carbocycles. The van der Waals surface area contributed by atoms with E-state index in [1.807, 2.05) is 68.4 Å². The number of hydrogen-bond donors (Lipinski definition) is 1. The number of benzene rings is 3. The first-order valence-electron chi connectivity index (χ1n) is 11.0. The van der Waals surface area contributed by atoms with Crippen LogP contribution in [0.4, 0.5) is 11.4 Å². The Labute approximate surface area is 193 Å². The molecule has 0 radical (unpaired) electrons. The molecule has 0 fully saturated rings. The molecule has 1 aliphatic rings. The second kappa shape index (κ2) is 10.0. The lowest BCUT2D eigenvalue weighted by Crippen LogP contribution is -2.32. The van der Waals surface area contributed by atoms with Crippen LogP contribution >= 0.6 is 0 Å². The van der Waals surface area contributed by atoms with Gasteiger partial charge in [-0.05, 0) is 43.2 Å². The molecule has 0 atom stereocenters. The minimum atomic E-state index is -0.437. The molecular weight excluding hydrogens is 416 g/mol. The Morgan fingerprint density at radius 3 is 2.33 bits per heavy atom. The second-order valence-corrected chi connectivity index (χ2v) is 7.46. The Kier molecular flexibility index (Phi) is 6.74. The first kappa shape index (κ1) is 22.1. The number of carbonyl (C=O) groups excluding carboxylic acids is 2. The van der Waals surface area contributed by atoms with Crippen LogP contribution in [-0.2, 0) is 9.59 Å². The van der Waals surface area contributed by atoms with Crippen LogP contribution in [0.2, 0.25) is 0 Å². The first-order valence-corrected chi connectivity index (χ1v) is 11.0. The van der Waals surface area contributed by atoms with E-state index in [0.29, 0.717) is 47.2 Å². The molecule has 2 amide bonds. The predicted molar refractivity (Wildman–Crippen MR) is 129 cm³/mol. The Morgan fingerprint density at radius 2 is 1.58 bits per heavy atom. The van der Waals surface area contributed by atoms with Crippen LogP contribution in [0.1, 0.15) is 25.8 Å². The van der Waals surface area contributed by atoms with Gasteiger partial charge < -0.3 is 14.8 Å². The smallest absolute Gasteiger partial charge is 0.282 e. The maximum absolute atomic E-state index is 13.6. The van der Waals surface area contributed by atoms with Crippen molar-refractivity contribution in [2.45, 2.75) is 20.3 Å². The number of ether oxygens (including phenoxy) is 2. The standard InChI is InChI=1S/C27H26N2O4/c1-3-17-33-23-16-9-8-15-22(23)29-26(30)24(19-11-6-5-7-12-19)25(27(29)31)28-20-13-10-14-21(18-20)32-4-2/h5-16,18,28H,3-4,17H2,1-2H3. The maximum atomic E-state index is 13.6. The molecule has 4 rings (SSSR count). The molecule has 168 valence electrons. The van der Waals surface area contributed by atoms with Gasteiger partial charge in [0, 0.05) is 11.8 Å². The average Bonchev–Trinajstić information content (AvgIpc) is 3.08. The normalized spacial score (nSPS) is 13.5. The highest BCUT2D eigenvalue weighted by Gasteiger charge is 2.41. The summed E-state index contributed by atoms with van der Waals surface area (Å²) in [6.07, 6.45) is 0.812. The summed E-state index contributed by atoms with van der Waals surface area (Å²) in [6, 6.07) is 23.6. The summed E-state index contributed by atoms with van der Waals surface area (Å²) in [5.41, 5.74) is 2.27. The van der Waals surface area contributed by atoms with E-state index < -0.39 is 11.8 Å². The lowest BCUT2D eigenvalue weighted by Gasteiger charge is -2.19. The van der Waals surface area contributed by atoms with E-state index in [1.54, 1.807) is 24.3 Å². The third-order valence-electron chi connectivity index (χ3n) is 5.13. The zero-order valence-electron chi connectivity index (χ0n) is 18.7. The SMILES string of the molecule is CCCOc1ccccc1N1C(=O)C(Nc2cccc(OCC)c2)=C(c2ccccc2)C1=O. The summed E-state index contributed by atoms with van der Waals surface area (Å²) in [5, 5.41) is 3.18. The second-order valence-electron chi connectivity index (χ2n) is 7.46. The molecule has 0 bridgehead atoms. The molecule has 1 aliphatic heterocycles. The van der Waals surface area contributed by atoms with Crippen molar-refractivity contribution in [1.82, 2.24) is 0 Å². The van der Waals surface area contributed by atoms with Crippen molar-refractivity contribution in [2.75, 3.05) is 23.4 Å². The third kappa shape index (κ3) is 4.60. The van der Waals surface area contributed by atoms with E-state index in [9.17, 15) is 9.59 Å². The molecule has 0 unspecified atom stereocenters. The van der Waals surface area contributed by atoms with Crippen LogP contribution in [0.5, 0.6) is 11.5 Å². The van der Waals surface area contributed by atoms with E-state index in [2.05, 4.69) is 5.32 Å². The number of carbonyl (C=O) groups is 2. The first-order chi connectivity index (χ1) is 16.1. The number of nitrogens with one attached hydrogen (secondary N) is 1. The molecule has 6 nitrogen and oxygen atoms in total. The molecule has 1 heterocycles. The number of anilines is 2. The van der Waals surface area contributed by atoms with Crippen LogP contribution in [0.15, 0.2) is 84.6 Å². The number of rotatable bonds is 9. The van der Waals surface area contributed by atoms with Crippen molar-refractivity contribution in [3.8, 4) is 11.5 Å². The minimum absolute atomic E-state index is 0.213. The molecule has 0 aliphatic carbocycles. The summed E-state index contributed by atoms with van der Waals surface area (Å²) in [5.74, 6) is 0.333. The van der Waals surface area contributed by atoms with Crippen molar-refractivity contribution in [3.05, 3.63) is 90.1 Å². The highest BCUT2D eigenvalue weighted by molar-refractivity contribution is 6.46. The van der Waals surface area contributed by atoms with Crippen molar-refractivity contribution in [1.29, 1.82) is 0 Å². The minimum Gasteiger partial charge on any atom is -0.494 e. The van der Waals surface area contributed by atoms with Gasteiger partial charge in [-0.25, -0.2) is 4.90 Å². The van der Waals surface area contributed by atoms with Gasteiger partial charge in [0.1, 0.15) is 17.2 Å². The third-order valence-corrected chi connectivity index (χ3v) is 5.13. The molecular formula is C27H26N2O4. The van der Waals surface area contributed by atoms with Crippen molar-refractivity contribution in [2.24, 2.45) is 0 Å². The van der Waals surface area contributed by atoms with E-state index in [4.69, 9.17) is 9.47 Å². The number of hydrogen-bond acceptors (Lipinski definition) is 5. The Balaban J connectivity index is 1.77. The van der Waals surface area contributed by atoms with Gasteiger partial charge in [-0.3, -0.25) is 9.59 Å². The van der Waals surface area contributed by atoms with Crippen LogP contribution < -0.4 is 19.7 Å². The summed E-state index contributed by atoms with van der Waals surface area (Å²) in [6.45, 7) is 4.93. The predicted octanol–water partition coefficient (Wildman–Crippen LogP) is 5.27. The fraction of sp³-hybridized carbons (Fsp3) is 0.185. The highest BCUT2D eigenvalue weighted by atomic mass is 16.5. The molecule has 1 N–H and O–H groups in total. The summed E-state index contributed by atoms with van der Waals surface area (Å²) >= 11 is 0. The molecule has 3 aromatic rings. The Morgan fingerprint density at radius 1 is 0.818 bits per heavy atom. The Hall–Kier alpha value is -4.06. The summed E-state index contributed by atoms with van der Waals surface area (Å²) in [7, 11) is 0. The van der Waals surface area contributed by atoms with Crippen LogP contribution in [0, 0.1) is 0 Å². The zero-order chi connectivity index (χ0) is 23.2. The lowest BCUT2D eigenvalue weighted by atomic mass is 10.0. The fourth-order valence-electron chi connectivity index (χ4n) is 3.69. The Bertz CT molecular complexity index is 1190. The number of amides is 2. The maximum Gasteiger partial charge on any atom is 0.282 e. The molecule has 33 heavy (non-hydrogen) atoms. The average molecular weight is 443 g/mol. The van der Waals surface area contributed by atoms with Crippen LogP contribution in [-0.4, -0.2) is 25.0 Å². The van der Waals surface area contributed by atoms with Gasteiger partial charge in [0.25, 0.3) is 11.8 Å². The number of nitrogens with zero attached hydrogens (tertiary/aromatic N) is 1. The molecule has 0 spiro atoms. The van der Waals surface area contributed by atoms with Crippen molar-refractivity contribution in [3.63, 3.8) is 0 Å². The monoisotopic (exact) mass is 442 g/mol. The topological polar surface area (TPSA) is 67.9 Å². The van der Waals surface area contributed by atoms with Crippen LogP contribution in [0.3, 0.4) is 0 Å². The van der Waals surface area contributed by atoms with E-state index in [-0.39, 0.29) is 5.70 Å². The van der Waals surface area contributed by atoms with Crippen molar-refractivity contribution >= 4 is 28.8 Å². The highest BCUT2D eigenvalue weighted by Crippen LogP contribution is 2.38. The van der Waals surface area contributed by atoms with Crippen molar-refractivity contribution < 1.29 is 19.1 Å². The number of imide groups is 1. The molecule has 6 heteroatoms. The fourth-order valence-corrected chi connectivity index (χ4v) is 3.69. The zero-order valence-corrected chi connectivity index (χ0v) is 18.7. The largest absolute Gasteiger partial charge is 0.494 e. The van der Waals surface area contributed by atoms with E-state index in [1.165, 1.54) is 4.90 Å². The molecule has 0 saturated heterocycles. The molecule has 0 aromatic heterocycles. The quantitative estimate of drug-likeness (QED) is 0.457. The van der Waals surface area contributed by atoms with Gasteiger partial charge in [0.15, 0.2) is 0 Å². The van der Waals surface area contributed by atoms with E-state index >= 15 is 0 Å². The number of para-hydroxylation sites is 2. The van der Waals surface area contributed by atoms with Crippen LogP contribution in [0.25, 0.3) is 5.57 Å². The van der Waals surface area contributed by atoms with Gasteiger partial charge in [-0.15, -0.1) is 0 Å².